The van der Waals surface area contributed by atoms with Crippen LogP contribution in [0.2, 0.25) is 0 Å². The zero-order chi connectivity index (χ0) is 12.6. The predicted molar refractivity (Wildman–Crippen MR) is 69.5 cm³/mol. The Kier molecular flexibility index (Phi) is 2.42. The lowest BCUT2D eigenvalue weighted by molar-refractivity contribution is 0.415. The molecule has 0 unspecified atom stereocenters. The van der Waals surface area contributed by atoms with Gasteiger partial charge in [0.15, 0.2) is 0 Å². The summed E-state index contributed by atoms with van der Waals surface area (Å²) in [6.45, 7) is 0. The normalized spacial score (nSPS) is 16.1. The van der Waals surface area contributed by atoms with Crippen LogP contribution in [-0.4, -0.2) is 13.2 Å². The highest BCUT2D eigenvalue weighted by atomic mass is 16.5. The maximum atomic E-state index is 10.5. The Morgan fingerprint density at radius 3 is 2.56 bits per heavy atom. The van der Waals surface area contributed by atoms with Gasteiger partial charge in [0.2, 0.25) is 6.08 Å². The van der Waals surface area contributed by atoms with Gasteiger partial charge in [-0.2, -0.15) is 4.99 Å². The van der Waals surface area contributed by atoms with Crippen LogP contribution in [0.5, 0.6) is 5.75 Å². The van der Waals surface area contributed by atoms with Crippen LogP contribution < -0.4 is 4.74 Å². The summed E-state index contributed by atoms with van der Waals surface area (Å²) in [5.74, 6) is 0.849. The minimum absolute atomic E-state index is 0.296. The molecule has 3 heteroatoms. The van der Waals surface area contributed by atoms with Crippen molar-refractivity contribution in [2.45, 2.75) is 18.4 Å². The summed E-state index contributed by atoms with van der Waals surface area (Å²) < 4.78 is 5.20. The van der Waals surface area contributed by atoms with Gasteiger partial charge in [0.1, 0.15) is 5.75 Å². The largest absolute Gasteiger partial charge is 0.497 e. The monoisotopic (exact) mass is 239 g/mol. The number of fused-ring (bicyclic) bond motifs is 1. The van der Waals surface area contributed by atoms with Crippen molar-refractivity contribution in [1.82, 2.24) is 0 Å². The molecular formula is C15H13NO2. The first-order valence-electron chi connectivity index (χ1n) is 5.95. The van der Waals surface area contributed by atoms with Gasteiger partial charge in [-0.3, -0.25) is 0 Å². The number of aliphatic imine (C=N–C) groups is 1. The predicted octanol–water partition coefficient (Wildman–Crippen LogP) is 3.17. The van der Waals surface area contributed by atoms with E-state index in [2.05, 4.69) is 11.1 Å². The van der Waals surface area contributed by atoms with E-state index < -0.39 is 0 Å². The Balaban J connectivity index is 2.09. The van der Waals surface area contributed by atoms with Crippen molar-refractivity contribution in [3.8, 4) is 5.75 Å². The molecule has 2 aromatic carbocycles. The summed E-state index contributed by atoms with van der Waals surface area (Å²) >= 11 is 0. The van der Waals surface area contributed by atoms with Crippen molar-refractivity contribution in [3.05, 3.63) is 42.0 Å². The number of carbonyl (C=O) groups excluding carboxylic acids is 1. The number of rotatable bonds is 3. The van der Waals surface area contributed by atoms with E-state index in [4.69, 9.17) is 4.74 Å². The van der Waals surface area contributed by atoms with Crippen LogP contribution >= 0.6 is 0 Å². The van der Waals surface area contributed by atoms with Gasteiger partial charge in [0.05, 0.1) is 12.6 Å². The molecule has 0 aliphatic heterocycles. The molecule has 0 radical (unpaired) electrons. The summed E-state index contributed by atoms with van der Waals surface area (Å²) in [6.07, 6.45) is 3.56. The minimum atomic E-state index is -0.296. The smallest absolute Gasteiger partial charge is 0.235 e. The summed E-state index contributed by atoms with van der Waals surface area (Å²) in [4.78, 5) is 14.4. The third kappa shape index (κ3) is 1.69. The van der Waals surface area contributed by atoms with Crippen molar-refractivity contribution in [2.75, 3.05) is 7.11 Å². The molecule has 3 rings (SSSR count). The lowest BCUT2D eigenvalue weighted by Crippen LogP contribution is -2.01. The molecule has 0 aromatic heterocycles. The Hall–Kier alpha value is -2.12. The molecule has 0 saturated heterocycles. The molecule has 1 saturated carbocycles. The highest BCUT2D eigenvalue weighted by Crippen LogP contribution is 2.49. The van der Waals surface area contributed by atoms with E-state index in [-0.39, 0.29) is 5.54 Å². The highest BCUT2D eigenvalue weighted by molar-refractivity contribution is 5.85. The second kappa shape index (κ2) is 3.97. The van der Waals surface area contributed by atoms with E-state index in [1.165, 1.54) is 0 Å². The number of methoxy groups -OCH3 is 1. The van der Waals surface area contributed by atoms with Gasteiger partial charge in [-0.1, -0.05) is 18.2 Å². The Bertz CT molecular complexity index is 653. The molecule has 0 N–H and O–H groups in total. The number of benzene rings is 2. The number of hydrogen-bond acceptors (Lipinski definition) is 3. The number of ether oxygens (including phenoxy) is 1. The average molecular weight is 239 g/mol. The second-order valence-electron chi connectivity index (χ2n) is 4.66. The topological polar surface area (TPSA) is 38.7 Å². The fourth-order valence-electron chi connectivity index (χ4n) is 2.31. The molecule has 1 fully saturated rings. The first kappa shape index (κ1) is 11.0. The van der Waals surface area contributed by atoms with Crippen molar-refractivity contribution < 1.29 is 9.53 Å². The molecule has 1 aliphatic carbocycles. The van der Waals surface area contributed by atoms with Crippen LogP contribution in [0.15, 0.2) is 41.4 Å². The maximum Gasteiger partial charge on any atom is 0.235 e. The minimum Gasteiger partial charge on any atom is -0.497 e. The standard InChI is InChI=1S/C15H13NO2/c1-18-14-5-3-11-8-13(4-2-12(11)9-14)15(6-7-15)16-10-17/h2-5,8-9H,6-7H2,1H3. The third-order valence-electron chi connectivity index (χ3n) is 3.57. The zero-order valence-electron chi connectivity index (χ0n) is 10.1. The fraction of sp³-hybridized carbons (Fsp3) is 0.267. The maximum absolute atomic E-state index is 10.5. The average Bonchev–Trinajstić information content (AvgIpc) is 3.19. The number of hydrogen-bond donors (Lipinski definition) is 0. The van der Waals surface area contributed by atoms with Gasteiger partial charge in [-0.05, 0) is 47.4 Å². The molecule has 1 aliphatic rings. The van der Waals surface area contributed by atoms with Crippen LogP contribution in [0.4, 0.5) is 0 Å². The lowest BCUT2D eigenvalue weighted by Gasteiger charge is -2.10. The molecule has 0 amide bonds. The van der Waals surface area contributed by atoms with Crippen LogP contribution in [0.1, 0.15) is 18.4 Å². The zero-order valence-corrected chi connectivity index (χ0v) is 10.1. The van der Waals surface area contributed by atoms with E-state index >= 15 is 0 Å². The number of isocyanates is 1. The molecule has 0 atom stereocenters. The van der Waals surface area contributed by atoms with Gasteiger partial charge in [0.25, 0.3) is 0 Å². The summed E-state index contributed by atoms with van der Waals surface area (Å²) in [7, 11) is 1.66. The van der Waals surface area contributed by atoms with Crippen molar-refractivity contribution in [2.24, 2.45) is 4.99 Å². The Morgan fingerprint density at radius 2 is 1.89 bits per heavy atom. The SMILES string of the molecule is COc1ccc2cc(C3(N=C=O)CC3)ccc2c1. The van der Waals surface area contributed by atoms with Gasteiger partial charge in [0, 0.05) is 0 Å². The Labute approximate surface area is 105 Å². The van der Waals surface area contributed by atoms with Crippen LogP contribution in [0.3, 0.4) is 0 Å². The van der Waals surface area contributed by atoms with Crippen LogP contribution in [0.25, 0.3) is 10.8 Å². The summed E-state index contributed by atoms with van der Waals surface area (Å²) in [5, 5.41) is 2.27. The van der Waals surface area contributed by atoms with Crippen molar-refractivity contribution in [1.29, 1.82) is 0 Å². The molecule has 2 aromatic rings. The molecule has 0 spiro atoms. The molecule has 0 bridgehead atoms. The quantitative estimate of drug-likeness (QED) is 0.609. The molecule has 0 heterocycles. The third-order valence-corrected chi connectivity index (χ3v) is 3.57. The molecular weight excluding hydrogens is 226 g/mol. The van der Waals surface area contributed by atoms with Gasteiger partial charge in [-0.15, -0.1) is 0 Å². The lowest BCUT2D eigenvalue weighted by atomic mass is 10.0. The summed E-state index contributed by atoms with van der Waals surface area (Å²) in [6, 6.07) is 12.2. The first-order chi connectivity index (χ1) is 8.77. The molecule has 3 nitrogen and oxygen atoms in total. The van der Waals surface area contributed by atoms with Crippen molar-refractivity contribution in [3.63, 3.8) is 0 Å². The first-order valence-corrected chi connectivity index (χ1v) is 5.95. The fourth-order valence-corrected chi connectivity index (χ4v) is 2.31. The summed E-state index contributed by atoms with van der Waals surface area (Å²) in [5.41, 5.74) is 0.805. The van der Waals surface area contributed by atoms with E-state index in [0.29, 0.717) is 0 Å². The highest BCUT2D eigenvalue weighted by Gasteiger charge is 2.44. The second-order valence-corrected chi connectivity index (χ2v) is 4.66. The van der Waals surface area contributed by atoms with Gasteiger partial charge in [-0.25, -0.2) is 4.79 Å². The van der Waals surface area contributed by atoms with E-state index in [1.807, 2.05) is 30.3 Å². The Morgan fingerprint density at radius 1 is 1.17 bits per heavy atom. The van der Waals surface area contributed by atoms with E-state index in [0.717, 1.165) is 34.9 Å². The van der Waals surface area contributed by atoms with Crippen molar-refractivity contribution >= 4 is 16.9 Å². The molecule has 18 heavy (non-hydrogen) atoms. The molecule has 90 valence electrons. The van der Waals surface area contributed by atoms with E-state index in [1.54, 1.807) is 13.2 Å². The van der Waals surface area contributed by atoms with E-state index in [9.17, 15) is 4.79 Å². The van der Waals surface area contributed by atoms with Crippen LogP contribution in [0, 0.1) is 0 Å². The van der Waals surface area contributed by atoms with Crippen LogP contribution in [-0.2, 0) is 10.3 Å². The van der Waals surface area contributed by atoms with Gasteiger partial charge < -0.3 is 4.74 Å². The van der Waals surface area contributed by atoms with Gasteiger partial charge >= 0.3 is 0 Å². The number of nitrogens with zero attached hydrogens (tertiary/aromatic N) is 1.